The maximum Gasteiger partial charge on any atom is 0.219 e. The predicted molar refractivity (Wildman–Crippen MR) is 102 cm³/mol. The van der Waals surface area contributed by atoms with Crippen molar-refractivity contribution in [2.45, 2.75) is 36.9 Å². The minimum atomic E-state index is -0.365. The van der Waals surface area contributed by atoms with Gasteiger partial charge in [-0.25, -0.2) is 0 Å². The van der Waals surface area contributed by atoms with Gasteiger partial charge in [0.25, 0.3) is 0 Å². The van der Waals surface area contributed by atoms with Crippen LogP contribution in [0, 0.1) is 0 Å². The molecule has 0 unspecified atom stereocenters. The summed E-state index contributed by atoms with van der Waals surface area (Å²) in [6.07, 6.45) is 2.39. The number of ketones is 1. The van der Waals surface area contributed by atoms with Crippen LogP contribution < -0.4 is 10.5 Å². The summed E-state index contributed by atoms with van der Waals surface area (Å²) < 4.78 is 7.83. The Kier molecular flexibility index (Phi) is 5.98. The van der Waals surface area contributed by atoms with E-state index in [1.807, 2.05) is 4.57 Å². The molecule has 0 radical (unpaired) electrons. The maximum atomic E-state index is 12.5. The van der Waals surface area contributed by atoms with E-state index in [4.69, 9.17) is 10.5 Å². The van der Waals surface area contributed by atoms with E-state index in [0.717, 1.165) is 23.1 Å². The number of carbonyl (C=O) groups is 2. The number of Topliss-reactive ketones (excluding diaryl/α,β-unsaturated/α-hetero) is 1. The number of hydrogen-bond acceptors (Lipinski definition) is 6. The van der Waals surface area contributed by atoms with Crippen LogP contribution in [0.1, 0.15) is 41.4 Å². The number of ether oxygens (including phenoxy) is 1. The summed E-state index contributed by atoms with van der Waals surface area (Å²) >= 11 is 4.71. The number of rotatable bonds is 9. The van der Waals surface area contributed by atoms with Crippen LogP contribution in [0.5, 0.6) is 5.75 Å². The fourth-order valence-electron chi connectivity index (χ4n) is 2.54. The molecule has 1 aromatic carbocycles. The van der Waals surface area contributed by atoms with Crippen molar-refractivity contribution in [2.75, 3.05) is 12.9 Å². The van der Waals surface area contributed by atoms with Gasteiger partial charge in [-0.3, -0.25) is 9.59 Å². The Morgan fingerprint density at radius 3 is 2.77 bits per heavy atom. The first kappa shape index (κ1) is 18.9. The van der Waals surface area contributed by atoms with E-state index in [1.54, 1.807) is 25.3 Å². The first-order valence-corrected chi connectivity index (χ1v) is 9.98. The highest BCUT2D eigenvalue weighted by Gasteiger charge is 2.30. The van der Waals surface area contributed by atoms with E-state index in [0.29, 0.717) is 28.9 Å². The van der Waals surface area contributed by atoms with Gasteiger partial charge in [0.05, 0.1) is 17.3 Å². The molecule has 0 atom stereocenters. The molecule has 1 fully saturated rings. The number of primary amides is 1. The average Bonchev–Trinajstić information content (AvgIpc) is 3.38. The Hall–Kier alpha value is -1.87. The summed E-state index contributed by atoms with van der Waals surface area (Å²) in [4.78, 5) is 23.6. The standard InChI is InChI=1S/C17H19BrN4O3S/c1-25-14-5-4-11(8-12(14)18)13(23)9-26-17-21-20-16(10-2-3-10)22(17)7-6-15(19)24/h4-5,8,10H,2-3,6-7,9H2,1H3,(H2,19,24). The van der Waals surface area contributed by atoms with Gasteiger partial charge in [0.2, 0.25) is 5.91 Å². The third-order valence-corrected chi connectivity index (χ3v) is 5.66. The fourth-order valence-corrected chi connectivity index (χ4v) is 3.94. The van der Waals surface area contributed by atoms with E-state index in [9.17, 15) is 9.59 Å². The summed E-state index contributed by atoms with van der Waals surface area (Å²) in [5.41, 5.74) is 5.86. The Bertz CT molecular complexity index is 835. The smallest absolute Gasteiger partial charge is 0.219 e. The van der Waals surface area contributed by atoms with Gasteiger partial charge in [0.1, 0.15) is 11.6 Å². The van der Waals surface area contributed by atoms with Crippen LogP contribution in [-0.4, -0.2) is 39.3 Å². The molecule has 1 amide bonds. The van der Waals surface area contributed by atoms with Gasteiger partial charge in [0.15, 0.2) is 10.9 Å². The van der Waals surface area contributed by atoms with Crippen molar-refractivity contribution in [3.63, 3.8) is 0 Å². The van der Waals surface area contributed by atoms with Crippen LogP contribution in [0.4, 0.5) is 0 Å². The average molecular weight is 439 g/mol. The summed E-state index contributed by atoms with van der Waals surface area (Å²) in [6, 6.07) is 5.23. The van der Waals surface area contributed by atoms with Crippen LogP contribution in [-0.2, 0) is 11.3 Å². The highest BCUT2D eigenvalue weighted by Crippen LogP contribution is 2.40. The Morgan fingerprint density at radius 1 is 1.38 bits per heavy atom. The number of nitrogens with two attached hydrogens (primary N) is 1. The zero-order valence-corrected chi connectivity index (χ0v) is 16.7. The molecule has 1 aliphatic carbocycles. The molecule has 7 nitrogen and oxygen atoms in total. The second-order valence-electron chi connectivity index (χ2n) is 6.04. The Labute approximate surface area is 163 Å². The molecule has 1 saturated carbocycles. The van der Waals surface area contributed by atoms with Gasteiger partial charge in [-0.15, -0.1) is 10.2 Å². The number of amides is 1. The van der Waals surface area contributed by atoms with Gasteiger partial charge in [-0.05, 0) is 47.0 Å². The molecule has 0 spiro atoms. The summed E-state index contributed by atoms with van der Waals surface area (Å²) in [5, 5.41) is 9.10. The van der Waals surface area contributed by atoms with Crippen LogP contribution in [0.15, 0.2) is 27.8 Å². The predicted octanol–water partition coefficient (Wildman–Crippen LogP) is 2.78. The highest BCUT2D eigenvalue weighted by molar-refractivity contribution is 9.10. The van der Waals surface area contributed by atoms with Crippen molar-refractivity contribution in [3.05, 3.63) is 34.1 Å². The zero-order valence-electron chi connectivity index (χ0n) is 14.3. The number of hydrogen-bond donors (Lipinski definition) is 1. The van der Waals surface area contributed by atoms with Crippen LogP contribution in [0.25, 0.3) is 0 Å². The SMILES string of the molecule is COc1ccc(C(=O)CSc2nnc(C3CC3)n2CCC(N)=O)cc1Br. The maximum absolute atomic E-state index is 12.5. The Morgan fingerprint density at radius 2 is 2.15 bits per heavy atom. The second-order valence-corrected chi connectivity index (χ2v) is 7.84. The number of thioether (sulfide) groups is 1. The first-order chi connectivity index (χ1) is 12.5. The molecule has 9 heteroatoms. The molecule has 3 rings (SSSR count). The molecule has 1 aromatic heterocycles. The molecule has 1 aliphatic rings. The lowest BCUT2D eigenvalue weighted by atomic mass is 10.1. The number of carbonyl (C=O) groups excluding carboxylic acids is 2. The monoisotopic (exact) mass is 438 g/mol. The van der Waals surface area contributed by atoms with Crippen LogP contribution >= 0.6 is 27.7 Å². The molecule has 2 N–H and O–H groups in total. The van der Waals surface area contributed by atoms with Crippen molar-refractivity contribution < 1.29 is 14.3 Å². The third kappa shape index (κ3) is 4.45. The number of nitrogens with zero attached hydrogens (tertiary/aromatic N) is 3. The normalized spacial score (nSPS) is 13.6. The van der Waals surface area contributed by atoms with Gasteiger partial charge < -0.3 is 15.0 Å². The summed E-state index contributed by atoms with van der Waals surface area (Å²) in [7, 11) is 1.58. The summed E-state index contributed by atoms with van der Waals surface area (Å²) in [6.45, 7) is 0.443. The lowest BCUT2D eigenvalue weighted by Crippen LogP contribution is -2.16. The van der Waals surface area contributed by atoms with Crippen molar-refractivity contribution >= 4 is 39.4 Å². The fraction of sp³-hybridized carbons (Fsp3) is 0.412. The van der Waals surface area contributed by atoms with E-state index in [1.165, 1.54) is 11.8 Å². The lowest BCUT2D eigenvalue weighted by Gasteiger charge is -2.09. The zero-order chi connectivity index (χ0) is 18.7. The molecule has 1 heterocycles. The van der Waals surface area contributed by atoms with E-state index in [-0.39, 0.29) is 23.9 Å². The second kappa shape index (κ2) is 8.22. The largest absolute Gasteiger partial charge is 0.496 e. The molecule has 0 bridgehead atoms. The van der Waals surface area contributed by atoms with Crippen LogP contribution in [0.3, 0.4) is 0 Å². The molecular weight excluding hydrogens is 420 g/mol. The minimum absolute atomic E-state index is 0.0178. The van der Waals surface area contributed by atoms with Gasteiger partial charge >= 0.3 is 0 Å². The van der Waals surface area contributed by atoms with Crippen molar-refractivity contribution in [1.29, 1.82) is 0 Å². The van der Waals surface area contributed by atoms with Crippen molar-refractivity contribution in [1.82, 2.24) is 14.8 Å². The Balaban J connectivity index is 1.69. The third-order valence-electron chi connectivity index (χ3n) is 4.08. The van der Waals surface area contributed by atoms with Gasteiger partial charge in [-0.1, -0.05) is 11.8 Å². The van der Waals surface area contributed by atoms with E-state index in [2.05, 4.69) is 26.1 Å². The highest BCUT2D eigenvalue weighted by atomic mass is 79.9. The van der Waals surface area contributed by atoms with Gasteiger partial charge in [-0.2, -0.15) is 0 Å². The number of benzene rings is 1. The topological polar surface area (TPSA) is 100 Å². The quantitative estimate of drug-likeness (QED) is 0.477. The molecular formula is C17H19BrN4O3S. The van der Waals surface area contributed by atoms with E-state index < -0.39 is 0 Å². The molecule has 0 saturated heterocycles. The van der Waals surface area contributed by atoms with Gasteiger partial charge in [0, 0.05) is 24.4 Å². The molecule has 2 aromatic rings. The minimum Gasteiger partial charge on any atom is -0.496 e. The van der Waals surface area contributed by atoms with Crippen molar-refractivity contribution in [2.24, 2.45) is 5.73 Å². The van der Waals surface area contributed by atoms with Crippen LogP contribution in [0.2, 0.25) is 0 Å². The summed E-state index contributed by atoms with van der Waals surface area (Å²) in [5.74, 6) is 1.81. The molecule has 138 valence electrons. The number of aromatic nitrogens is 3. The lowest BCUT2D eigenvalue weighted by molar-refractivity contribution is -0.118. The van der Waals surface area contributed by atoms with Crippen molar-refractivity contribution in [3.8, 4) is 5.75 Å². The van der Waals surface area contributed by atoms with E-state index >= 15 is 0 Å². The number of halogens is 1. The molecule has 26 heavy (non-hydrogen) atoms. The molecule has 0 aliphatic heterocycles. The number of methoxy groups -OCH3 is 1. The first-order valence-electron chi connectivity index (χ1n) is 8.20.